The van der Waals surface area contributed by atoms with Crippen molar-refractivity contribution in [3.8, 4) is 0 Å². The molecule has 7 nitrogen and oxygen atoms in total. The first-order chi connectivity index (χ1) is 25.0. The van der Waals surface area contributed by atoms with Gasteiger partial charge in [-0.25, -0.2) is 13.2 Å². The Labute approximate surface area is 307 Å². The average molecular weight is 814 g/mol. The Morgan fingerprint density at radius 2 is 1.15 bits per heavy atom. The van der Waals surface area contributed by atoms with Crippen molar-refractivity contribution in [2.45, 2.75) is 42.2 Å². The fourth-order valence-corrected chi connectivity index (χ4v) is 6.99. The van der Waals surface area contributed by atoms with Crippen LogP contribution in [0.3, 0.4) is 0 Å². The van der Waals surface area contributed by atoms with E-state index in [-0.39, 0.29) is 47.0 Å². The molecule has 3 aromatic carbocycles. The summed E-state index contributed by atoms with van der Waals surface area (Å²) in [6.45, 7) is 1.50. The number of piperidine rings is 2. The summed E-state index contributed by atoms with van der Waals surface area (Å²) in [4.78, 5) is 45.1. The van der Waals surface area contributed by atoms with E-state index in [0.29, 0.717) is 36.2 Å². The van der Waals surface area contributed by atoms with Crippen molar-refractivity contribution in [2.24, 2.45) is 11.8 Å². The SMILES string of the molecule is Cl.Fc1cc(C(F)(F)F)ccc1C12CNCC1C2.O=C1C=C(c2ccc(C(F)(F)F)cc2F)C(=O)N1.O=C1NC(=O)C2(c3ccc(C(F)(F)F)cc3F)CC12. The third-order valence-corrected chi connectivity index (χ3v) is 9.94. The molecule has 5 aliphatic rings. The first kappa shape index (κ1) is 41.3. The van der Waals surface area contributed by atoms with Crippen LogP contribution < -0.4 is 16.0 Å². The Balaban J connectivity index is 0.000000157. The molecule has 0 bridgehead atoms. The fraction of sp³-hybridized carbons (Fsp3) is 0.314. The lowest BCUT2D eigenvalue weighted by molar-refractivity contribution is -0.138. The van der Waals surface area contributed by atoms with Crippen molar-refractivity contribution < 1.29 is 71.9 Å². The monoisotopic (exact) mass is 813 g/mol. The summed E-state index contributed by atoms with van der Waals surface area (Å²) >= 11 is 0. The maximum Gasteiger partial charge on any atom is 0.416 e. The highest BCUT2D eigenvalue weighted by Crippen LogP contribution is 2.59. The molecule has 0 spiro atoms. The van der Waals surface area contributed by atoms with Gasteiger partial charge in [0.1, 0.15) is 17.5 Å². The smallest absolute Gasteiger partial charge is 0.316 e. The lowest BCUT2D eigenvalue weighted by Crippen LogP contribution is -2.30. The first-order valence-electron chi connectivity index (χ1n) is 15.7. The number of rotatable bonds is 3. The number of carbonyl (C=O) groups is 4. The Morgan fingerprint density at radius 3 is 1.51 bits per heavy atom. The molecule has 4 amide bonds. The van der Waals surface area contributed by atoms with Crippen molar-refractivity contribution in [1.82, 2.24) is 16.0 Å². The average Bonchev–Trinajstić information content (AvgIpc) is 3.87. The van der Waals surface area contributed by atoms with Crippen LogP contribution in [0.1, 0.15) is 46.2 Å². The van der Waals surface area contributed by atoms with E-state index in [1.807, 2.05) is 5.32 Å². The van der Waals surface area contributed by atoms with E-state index in [0.717, 1.165) is 43.3 Å². The second-order valence-corrected chi connectivity index (χ2v) is 13.2. The molecule has 2 aliphatic carbocycles. The molecule has 3 N–H and O–H groups in total. The summed E-state index contributed by atoms with van der Waals surface area (Å²) in [7, 11) is 0. The topological polar surface area (TPSA) is 104 Å². The fourth-order valence-electron chi connectivity index (χ4n) is 6.99. The number of alkyl halides is 9. The maximum absolute atomic E-state index is 13.8. The van der Waals surface area contributed by atoms with Gasteiger partial charge in [-0.15, -0.1) is 12.4 Å². The van der Waals surface area contributed by atoms with Gasteiger partial charge in [-0.1, -0.05) is 18.2 Å². The number of hydrogen-bond donors (Lipinski definition) is 3. The molecule has 8 rings (SSSR count). The molecule has 20 heteroatoms. The molecular formula is C35H24ClF12N3O4. The molecule has 4 unspecified atom stereocenters. The standard InChI is InChI=1S/C12H7F4NO2.C12H11F4N.C11H5F4NO2.ClH/c13-8-3-5(12(14,15)16)1-2-6(8)11-4-7(11)9(18)17-10(11)19;13-10-3-7(12(14,15)16)1-2-9(10)11-4-8(11)5-17-6-11;12-8-3-5(11(13,14)15)1-2-6(8)7-4-9(17)16-10(7)18;/h1-3,7H,4H2,(H,17,18,19);1-3,8,17H,4-6H2;1-4H,(H,16,17,18);1H. The van der Waals surface area contributed by atoms with Crippen molar-refractivity contribution >= 4 is 41.6 Å². The summed E-state index contributed by atoms with van der Waals surface area (Å²) in [5.41, 5.74) is -5.08. The molecule has 2 saturated carbocycles. The zero-order valence-corrected chi connectivity index (χ0v) is 28.1. The minimum atomic E-state index is -4.67. The van der Waals surface area contributed by atoms with Gasteiger partial charge in [-0.05, 0) is 67.3 Å². The second-order valence-electron chi connectivity index (χ2n) is 13.2. The van der Waals surface area contributed by atoms with Crippen molar-refractivity contribution in [3.05, 3.63) is 112 Å². The Morgan fingerprint density at radius 1 is 0.636 bits per heavy atom. The van der Waals surface area contributed by atoms with E-state index < -0.39 is 87.6 Å². The van der Waals surface area contributed by atoms with Crippen LogP contribution in [0, 0.1) is 29.3 Å². The summed E-state index contributed by atoms with van der Waals surface area (Å²) < 4.78 is 152. The Hall–Kier alpha value is -4.91. The Bertz CT molecular complexity index is 2130. The third kappa shape index (κ3) is 7.68. The molecule has 3 aliphatic heterocycles. The van der Waals surface area contributed by atoms with Crippen LogP contribution in [0.2, 0.25) is 0 Å². The van der Waals surface area contributed by atoms with Crippen LogP contribution in [0.4, 0.5) is 52.7 Å². The van der Waals surface area contributed by atoms with Gasteiger partial charge in [0, 0.05) is 29.2 Å². The van der Waals surface area contributed by atoms with E-state index in [1.54, 1.807) is 0 Å². The van der Waals surface area contributed by atoms with Gasteiger partial charge >= 0.3 is 18.5 Å². The van der Waals surface area contributed by atoms with Crippen LogP contribution in [0.25, 0.3) is 5.57 Å². The zero-order chi connectivity index (χ0) is 39.8. The minimum absolute atomic E-state index is 0. The molecule has 4 atom stereocenters. The highest BCUT2D eigenvalue weighted by molar-refractivity contribution is 6.33. The van der Waals surface area contributed by atoms with E-state index in [9.17, 15) is 71.9 Å². The van der Waals surface area contributed by atoms with Crippen LogP contribution in [-0.4, -0.2) is 36.7 Å². The van der Waals surface area contributed by atoms with Crippen LogP contribution in [-0.2, 0) is 48.5 Å². The van der Waals surface area contributed by atoms with Gasteiger partial charge in [-0.3, -0.25) is 29.8 Å². The predicted molar refractivity (Wildman–Crippen MR) is 168 cm³/mol. The van der Waals surface area contributed by atoms with Gasteiger partial charge in [0.25, 0.3) is 11.8 Å². The number of fused-ring (bicyclic) bond motifs is 2. The lowest BCUT2D eigenvalue weighted by Gasteiger charge is -2.15. The van der Waals surface area contributed by atoms with Crippen molar-refractivity contribution in [3.63, 3.8) is 0 Å². The maximum atomic E-state index is 13.8. The minimum Gasteiger partial charge on any atom is -0.316 e. The summed E-state index contributed by atoms with van der Waals surface area (Å²) in [5, 5.41) is 7.08. The first-order valence-corrected chi connectivity index (χ1v) is 15.7. The third-order valence-electron chi connectivity index (χ3n) is 9.94. The lowest BCUT2D eigenvalue weighted by atomic mass is 9.92. The summed E-state index contributed by atoms with van der Waals surface area (Å²) in [6, 6.07) is 6.65. The molecule has 2 saturated heterocycles. The summed E-state index contributed by atoms with van der Waals surface area (Å²) in [5.74, 6) is -6.02. The second kappa shape index (κ2) is 14.0. The number of amides is 4. The van der Waals surface area contributed by atoms with Gasteiger partial charge < -0.3 is 5.32 Å². The highest BCUT2D eigenvalue weighted by atomic mass is 35.5. The van der Waals surface area contributed by atoms with Crippen LogP contribution in [0.5, 0.6) is 0 Å². The van der Waals surface area contributed by atoms with Crippen LogP contribution >= 0.6 is 12.4 Å². The van der Waals surface area contributed by atoms with Gasteiger partial charge in [0.2, 0.25) is 11.8 Å². The van der Waals surface area contributed by atoms with E-state index in [1.165, 1.54) is 6.07 Å². The highest BCUT2D eigenvalue weighted by Gasteiger charge is 2.70. The molecule has 294 valence electrons. The summed E-state index contributed by atoms with van der Waals surface area (Å²) in [6.07, 6.45) is -11.9. The number of nitrogens with one attached hydrogen (secondary N) is 3. The van der Waals surface area contributed by atoms with E-state index >= 15 is 0 Å². The quantitative estimate of drug-likeness (QED) is 0.200. The Kier molecular flexibility index (Phi) is 10.5. The largest absolute Gasteiger partial charge is 0.416 e. The van der Waals surface area contributed by atoms with Gasteiger partial charge in [0.15, 0.2) is 0 Å². The number of carbonyl (C=O) groups excluding carboxylic acids is 4. The van der Waals surface area contributed by atoms with E-state index in [4.69, 9.17) is 0 Å². The zero-order valence-electron chi connectivity index (χ0n) is 27.3. The number of hydrogen-bond acceptors (Lipinski definition) is 5. The predicted octanol–water partition coefficient (Wildman–Crippen LogP) is 6.77. The number of benzene rings is 3. The molecule has 55 heavy (non-hydrogen) atoms. The molecule has 0 radical (unpaired) electrons. The normalized spacial score (nSPS) is 24.9. The van der Waals surface area contributed by atoms with Crippen LogP contribution in [0.15, 0.2) is 60.7 Å². The van der Waals surface area contributed by atoms with Crippen molar-refractivity contribution in [1.29, 1.82) is 0 Å². The van der Waals surface area contributed by atoms with Gasteiger partial charge in [0.05, 0.1) is 33.6 Å². The number of imide groups is 2. The number of halogens is 13. The van der Waals surface area contributed by atoms with E-state index in [2.05, 4.69) is 10.6 Å². The van der Waals surface area contributed by atoms with Crippen molar-refractivity contribution in [2.75, 3.05) is 13.1 Å². The molecule has 3 aromatic rings. The molecule has 0 aromatic heterocycles. The van der Waals surface area contributed by atoms with Gasteiger partial charge in [-0.2, -0.15) is 39.5 Å². The molecule has 3 heterocycles. The molecule has 4 fully saturated rings. The molecular weight excluding hydrogens is 790 g/mol.